The summed E-state index contributed by atoms with van der Waals surface area (Å²) in [5.74, 6) is -0.657. The average molecular weight is 429 g/mol. The summed E-state index contributed by atoms with van der Waals surface area (Å²) < 4.78 is 32.4. The minimum atomic E-state index is -2.97. The lowest BCUT2D eigenvalue weighted by molar-refractivity contribution is -0.0505. The maximum Gasteiger partial charge on any atom is 0.387 e. The Hall–Kier alpha value is -2.06. The summed E-state index contributed by atoms with van der Waals surface area (Å²) in [4.78, 5) is 20.8. The van der Waals surface area contributed by atoms with Gasteiger partial charge in [-0.05, 0) is 34.1 Å². The number of ether oxygens (including phenoxy) is 1. The predicted molar refractivity (Wildman–Crippen MR) is 89.6 cm³/mol. The molecule has 0 radical (unpaired) electrons. The number of rotatable bonds is 3. The number of hydrogen-bond acceptors (Lipinski definition) is 4. The fraction of sp³-hybridized carbons (Fsp3) is 0.188. The standard InChI is InChI=1S/C16H9BrClF2N3O2/c17-12-6-23-13(5-21-12)22-14-10(24)4-9(15(14)23)8-3-7(18)1-2-11(8)25-16(19)20/h1-3,5-6,9,16H,4H2. The van der Waals surface area contributed by atoms with Crippen molar-refractivity contribution in [3.8, 4) is 5.75 Å². The molecule has 4 rings (SSSR count). The molecule has 0 bridgehead atoms. The summed E-state index contributed by atoms with van der Waals surface area (Å²) in [5.41, 5.74) is 1.86. The van der Waals surface area contributed by atoms with Crippen molar-refractivity contribution in [1.29, 1.82) is 0 Å². The van der Waals surface area contributed by atoms with E-state index in [1.54, 1.807) is 16.7 Å². The quantitative estimate of drug-likeness (QED) is 0.618. The van der Waals surface area contributed by atoms with Gasteiger partial charge in [-0.1, -0.05) is 11.6 Å². The summed E-state index contributed by atoms with van der Waals surface area (Å²) in [6.45, 7) is -2.97. The Morgan fingerprint density at radius 1 is 1.40 bits per heavy atom. The van der Waals surface area contributed by atoms with Gasteiger partial charge in [-0.15, -0.1) is 0 Å². The van der Waals surface area contributed by atoms with Crippen LogP contribution in [0.2, 0.25) is 5.02 Å². The van der Waals surface area contributed by atoms with Gasteiger partial charge in [0.15, 0.2) is 11.4 Å². The van der Waals surface area contributed by atoms with Gasteiger partial charge < -0.3 is 4.74 Å². The number of Topliss-reactive ketones (excluding diaryl/α,β-unsaturated/α-hetero) is 1. The van der Waals surface area contributed by atoms with E-state index in [9.17, 15) is 13.6 Å². The number of ketones is 1. The van der Waals surface area contributed by atoms with Crippen LogP contribution in [0.3, 0.4) is 0 Å². The monoisotopic (exact) mass is 427 g/mol. The molecule has 2 heterocycles. The van der Waals surface area contributed by atoms with Crippen LogP contribution in [0.15, 0.2) is 35.2 Å². The van der Waals surface area contributed by atoms with Crippen LogP contribution in [0.1, 0.15) is 34.1 Å². The van der Waals surface area contributed by atoms with Crippen LogP contribution < -0.4 is 4.74 Å². The van der Waals surface area contributed by atoms with Crippen LogP contribution in [-0.2, 0) is 0 Å². The summed E-state index contributed by atoms with van der Waals surface area (Å²) in [7, 11) is 0. The highest BCUT2D eigenvalue weighted by Crippen LogP contribution is 2.43. The van der Waals surface area contributed by atoms with Gasteiger partial charge in [-0.2, -0.15) is 8.78 Å². The first kappa shape index (κ1) is 16.4. The van der Waals surface area contributed by atoms with E-state index in [0.717, 1.165) is 0 Å². The molecule has 25 heavy (non-hydrogen) atoms. The Morgan fingerprint density at radius 3 is 2.96 bits per heavy atom. The first-order chi connectivity index (χ1) is 11.9. The van der Waals surface area contributed by atoms with E-state index in [-0.39, 0.29) is 18.0 Å². The molecule has 0 aliphatic heterocycles. The number of imidazole rings is 1. The number of benzene rings is 1. The van der Waals surface area contributed by atoms with Gasteiger partial charge in [-0.3, -0.25) is 9.20 Å². The van der Waals surface area contributed by atoms with E-state index in [4.69, 9.17) is 11.6 Å². The highest BCUT2D eigenvalue weighted by molar-refractivity contribution is 9.10. The van der Waals surface area contributed by atoms with Crippen LogP contribution in [-0.4, -0.2) is 26.8 Å². The molecule has 128 valence electrons. The molecule has 9 heteroatoms. The molecule has 0 saturated carbocycles. The maximum absolute atomic E-state index is 12.8. The smallest absolute Gasteiger partial charge is 0.387 e. The van der Waals surface area contributed by atoms with Gasteiger partial charge in [0.1, 0.15) is 16.0 Å². The Bertz CT molecular complexity index is 1010. The van der Waals surface area contributed by atoms with Crippen molar-refractivity contribution in [2.24, 2.45) is 0 Å². The largest absolute Gasteiger partial charge is 0.435 e. The molecule has 5 nitrogen and oxygen atoms in total. The zero-order valence-electron chi connectivity index (χ0n) is 12.4. The number of hydrogen-bond donors (Lipinski definition) is 0. The number of alkyl halides is 2. The minimum Gasteiger partial charge on any atom is -0.435 e. The Kier molecular flexibility index (Phi) is 3.96. The Labute approximate surface area is 153 Å². The molecule has 0 saturated heterocycles. The molecular formula is C16H9BrClF2N3O2. The van der Waals surface area contributed by atoms with E-state index >= 15 is 0 Å². The molecule has 1 aliphatic carbocycles. The van der Waals surface area contributed by atoms with Gasteiger partial charge in [0.25, 0.3) is 0 Å². The molecule has 3 aromatic rings. The zero-order chi connectivity index (χ0) is 17.7. The second kappa shape index (κ2) is 6.03. The van der Waals surface area contributed by atoms with Crippen LogP contribution in [0.5, 0.6) is 5.75 Å². The molecule has 0 amide bonds. The summed E-state index contributed by atoms with van der Waals surface area (Å²) in [5, 5.41) is 0.370. The zero-order valence-corrected chi connectivity index (χ0v) is 14.8. The highest BCUT2D eigenvalue weighted by Gasteiger charge is 2.37. The number of halogens is 4. The number of aromatic nitrogens is 3. The number of fused-ring (bicyclic) bond motifs is 3. The van der Waals surface area contributed by atoms with Crippen LogP contribution in [0, 0.1) is 0 Å². The van der Waals surface area contributed by atoms with Crippen molar-refractivity contribution in [2.75, 3.05) is 0 Å². The van der Waals surface area contributed by atoms with Crippen molar-refractivity contribution in [1.82, 2.24) is 14.4 Å². The SMILES string of the molecule is O=C1CC(c2cc(Cl)ccc2OC(F)F)c2c1nc1cnc(Br)cn21. The van der Waals surface area contributed by atoms with Crippen LogP contribution in [0.4, 0.5) is 8.78 Å². The van der Waals surface area contributed by atoms with Crippen molar-refractivity contribution in [3.63, 3.8) is 0 Å². The molecule has 0 fully saturated rings. The lowest BCUT2D eigenvalue weighted by Crippen LogP contribution is -2.08. The first-order valence-electron chi connectivity index (χ1n) is 7.25. The highest BCUT2D eigenvalue weighted by atomic mass is 79.9. The van der Waals surface area contributed by atoms with Crippen LogP contribution in [0.25, 0.3) is 5.65 Å². The van der Waals surface area contributed by atoms with Gasteiger partial charge in [0.05, 0.1) is 11.9 Å². The van der Waals surface area contributed by atoms with E-state index < -0.39 is 12.5 Å². The molecule has 0 N–H and O–H groups in total. The predicted octanol–water partition coefficient (Wildman–Crippen LogP) is 4.46. The van der Waals surface area contributed by atoms with Crippen molar-refractivity contribution >= 4 is 39.0 Å². The minimum absolute atomic E-state index is 0.00637. The first-order valence-corrected chi connectivity index (χ1v) is 8.42. The lowest BCUT2D eigenvalue weighted by Gasteiger charge is -2.17. The van der Waals surface area contributed by atoms with E-state index in [1.165, 1.54) is 18.3 Å². The maximum atomic E-state index is 12.8. The molecule has 1 atom stereocenters. The van der Waals surface area contributed by atoms with Crippen molar-refractivity contribution in [3.05, 3.63) is 57.2 Å². The summed E-state index contributed by atoms with van der Waals surface area (Å²) in [6, 6.07) is 4.39. The third-order valence-electron chi connectivity index (χ3n) is 4.06. The second-order valence-corrected chi connectivity index (χ2v) is 6.77. The van der Waals surface area contributed by atoms with Crippen molar-refractivity contribution in [2.45, 2.75) is 19.0 Å². The van der Waals surface area contributed by atoms with Crippen LogP contribution >= 0.6 is 27.5 Å². The van der Waals surface area contributed by atoms with Gasteiger partial charge in [0, 0.05) is 29.1 Å². The molecule has 0 spiro atoms. The summed E-state index contributed by atoms with van der Waals surface area (Å²) in [6.07, 6.45) is 3.33. The Morgan fingerprint density at radius 2 is 2.20 bits per heavy atom. The fourth-order valence-electron chi connectivity index (χ4n) is 3.12. The van der Waals surface area contributed by atoms with E-state index in [2.05, 4.69) is 30.6 Å². The third kappa shape index (κ3) is 2.79. The van der Waals surface area contributed by atoms with E-state index in [1.807, 2.05) is 0 Å². The normalized spacial score (nSPS) is 16.7. The van der Waals surface area contributed by atoms with Gasteiger partial charge >= 0.3 is 6.61 Å². The topological polar surface area (TPSA) is 56.5 Å². The van der Waals surface area contributed by atoms with Gasteiger partial charge in [-0.25, -0.2) is 9.97 Å². The van der Waals surface area contributed by atoms with Gasteiger partial charge in [0.2, 0.25) is 0 Å². The number of nitrogens with zero attached hydrogens (tertiary/aromatic N) is 3. The fourth-order valence-corrected chi connectivity index (χ4v) is 3.61. The molecular weight excluding hydrogens is 420 g/mol. The lowest BCUT2D eigenvalue weighted by atomic mass is 9.95. The molecule has 1 aliphatic rings. The average Bonchev–Trinajstić information content (AvgIpc) is 3.07. The summed E-state index contributed by atoms with van der Waals surface area (Å²) >= 11 is 9.33. The third-order valence-corrected chi connectivity index (χ3v) is 4.71. The Balaban J connectivity index is 1.93. The second-order valence-electron chi connectivity index (χ2n) is 5.52. The molecule has 1 aromatic carbocycles. The number of carbonyl (C=O) groups excluding carboxylic acids is 1. The van der Waals surface area contributed by atoms with Crippen molar-refractivity contribution < 1.29 is 18.3 Å². The van der Waals surface area contributed by atoms with E-state index in [0.29, 0.717) is 32.2 Å². The molecule has 1 unspecified atom stereocenters. The molecule has 2 aromatic heterocycles. The number of carbonyl (C=O) groups is 1.